The Kier molecular flexibility index (Phi) is 3.67. The van der Waals surface area contributed by atoms with Gasteiger partial charge < -0.3 is 15.2 Å². The first-order valence-corrected chi connectivity index (χ1v) is 9.17. The fourth-order valence-corrected chi connectivity index (χ4v) is 5.07. The molecule has 2 N–H and O–H groups in total. The number of nitriles is 1. The highest BCUT2D eigenvalue weighted by Gasteiger charge is 2.74. The van der Waals surface area contributed by atoms with E-state index in [2.05, 4.69) is 15.4 Å². The van der Waals surface area contributed by atoms with Crippen LogP contribution in [0, 0.1) is 22.6 Å². The molecule has 0 radical (unpaired) electrons. The second kappa shape index (κ2) is 5.81. The van der Waals surface area contributed by atoms with E-state index in [1.807, 2.05) is 6.07 Å². The molecule has 10 heteroatoms. The molecule has 3 heterocycles. The molecule has 7 nitrogen and oxygen atoms in total. The van der Waals surface area contributed by atoms with Crippen molar-refractivity contribution in [3.63, 3.8) is 0 Å². The smallest absolute Gasteiger partial charge is 0.244 e. The summed E-state index contributed by atoms with van der Waals surface area (Å²) >= 11 is 0. The van der Waals surface area contributed by atoms with Gasteiger partial charge in [-0.1, -0.05) is 0 Å². The minimum absolute atomic E-state index is 0.0421. The molecule has 28 heavy (non-hydrogen) atoms. The van der Waals surface area contributed by atoms with Crippen molar-refractivity contribution in [2.24, 2.45) is 5.41 Å². The van der Waals surface area contributed by atoms with Crippen molar-refractivity contribution in [2.45, 2.75) is 49.7 Å². The van der Waals surface area contributed by atoms with Gasteiger partial charge in [0.1, 0.15) is 17.1 Å². The highest BCUT2D eigenvalue weighted by molar-refractivity contribution is 5.61. The van der Waals surface area contributed by atoms with Gasteiger partial charge in [-0.25, -0.2) is 22.7 Å². The average Bonchev–Trinajstić information content (AvgIpc) is 2.86. The minimum Gasteiger partial charge on any atom is -0.389 e. The Morgan fingerprint density at radius 1 is 1.39 bits per heavy atom. The van der Waals surface area contributed by atoms with E-state index in [0.29, 0.717) is 18.7 Å². The monoisotopic (exact) mass is 393 g/mol. The number of ether oxygens (including phenoxy) is 1. The van der Waals surface area contributed by atoms with Crippen LogP contribution in [0.2, 0.25) is 0 Å². The molecule has 6 rings (SSSR count). The first-order chi connectivity index (χ1) is 13.4. The van der Waals surface area contributed by atoms with Crippen LogP contribution in [0.25, 0.3) is 5.52 Å². The van der Waals surface area contributed by atoms with Crippen molar-refractivity contribution < 1.29 is 23.0 Å². The number of aliphatic hydroxyl groups excluding tert-OH is 1. The van der Waals surface area contributed by atoms with Gasteiger partial charge in [0.15, 0.2) is 5.82 Å². The lowest BCUT2D eigenvalue weighted by atomic mass is 9.34. The summed E-state index contributed by atoms with van der Waals surface area (Å²) in [7, 11) is 0. The fraction of sp³-hybridized carbons (Fsp3) is 0.611. The highest BCUT2D eigenvalue weighted by Crippen LogP contribution is 2.76. The maximum Gasteiger partial charge on any atom is 0.244 e. The van der Waals surface area contributed by atoms with Crippen LogP contribution in [0.15, 0.2) is 6.20 Å². The zero-order valence-corrected chi connectivity index (χ0v) is 14.8. The fourth-order valence-electron chi connectivity index (χ4n) is 5.07. The second-order valence-corrected chi connectivity index (χ2v) is 8.18. The van der Waals surface area contributed by atoms with Gasteiger partial charge in [0, 0.05) is 17.4 Å². The van der Waals surface area contributed by atoms with Crippen LogP contribution in [-0.2, 0) is 10.2 Å². The molecule has 2 bridgehead atoms. The Hall–Kier alpha value is -2.38. The summed E-state index contributed by atoms with van der Waals surface area (Å²) in [5.41, 5.74) is -1.41. The van der Waals surface area contributed by atoms with E-state index < -0.39 is 29.2 Å². The Bertz CT molecular complexity index is 981. The van der Waals surface area contributed by atoms with Crippen LogP contribution in [0.1, 0.15) is 36.9 Å². The SMILES string of the molecule is N#Cc1c(F)c2cnc(N[C@@H]3CCOC[C@H]3O)nn2c1C12CC(C(F)F)(C1)C2. The van der Waals surface area contributed by atoms with Gasteiger partial charge in [0.05, 0.1) is 30.6 Å². The van der Waals surface area contributed by atoms with Crippen LogP contribution in [-0.4, -0.2) is 51.5 Å². The van der Waals surface area contributed by atoms with Crippen molar-refractivity contribution in [1.82, 2.24) is 14.6 Å². The molecule has 3 aliphatic carbocycles. The summed E-state index contributed by atoms with van der Waals surface area (Å²) in [6.07, 6.45) is -0.643. The summed E-state index contributed by atoms with van der Waals surface area (Å²) in [4.78, 5) is 4.10. The van der Waals surface area contributed by atoms with Gasteiger partial charge in [-0.05, 0) is 25.7 Å². The Morgan fingerprint density at radius 2 is 2.14 bits per heavy atom. The molecule has 4 aliphatic rings. The molecule has 0 spiro atoms. The van der Waals surface area contributed by atoms with E-state index in [9.17, 15) is 23.5 Å². The molecular weight excluding hydrogens is 375 g/mol. The van der Waals surface area contributed by atoms with Crippen molar-refractivity contribution in [3.8, 4) is 6.07 Å². The van der Waals surface area contributed by atoms with Gasteiger partial charge in [-0.3, -0.25) is 0 Å². The quantitative estimate of drug-likeness (QED) is 0.825. The Labute approximate surface area is 158 Å². The molecule has 148 valence electrons. The third kappa shape index (κ3) is 2.23. The first-order valence-electron chi connectivity index (χ1n) is 9.17. The zero-order valence-electron chi connectivity index (χ0n) is 14.8. The van der Waals surface area contributed by atoms with Gasteiger partial charge in [-0.15, -0.1) is 5.10 Å². The molecule has 4 fully saturated rings. The predicted molar refractivity (Wildman–Crippen MR) is 90.5 cm³/mol. The van der Waals surface area contributed by atoms with Crippen LogP contribution < -0.4 is 5.32 Å². The van der Waals surface area contributed by atoms with E-state index >= 15 is 0 Å². The number of nitrogens with one attached hydrogen (secondary N) is 1. The van der Waals surface area contributed by atoms with Crippen LogP contribution in [0.5, 0.6) is 0 Å². The number of halogens is 3. The Balaban J connectivity index is 1.53. The number of hydrogen-bond acceptors (Lipinski definition) is 6. The molecule has 2 aromatic rings. The number of nitrogens with zero attached hydrogens (tertiary/aromatic N) is 4. The summed E-state index contributed by atoms with van der Waals surface area (Å²) in [6, 6.07) is 1.56. The number of rotatable bonds is 4. The highest BCUT2D eigenvalue weighted by atomic mass is 19.3. The van der Waals surface area contributed by atoms with E-state index in [4.69, 9.17) is 4.74 Å². The topological polar surface area (TPSA) is 95.5 Å². The largest absolute Gasteiger partial charge is 0.389 e. The average molecular weight is 393 g/mol. The minimum atomic E-state index is -2.42. The first kappa shape index (κ1) is 17.7. The van der Waals surface area contributed by atoms with E-state index in [-0.39, 0.29) is 48.9 Å². The standard InChI is InChI=1S/C18H18F3N5O2/c19-13-9(3-22)14(17-6-18(7-17,8-17)15(20)21)26-11(13)4-23-16(25-26)24-10-1-2-28-5-12(10)27/h4,10,12,15,27H,1-2,5-8H2,(H,24,25)/t10-,12-,17?,18?/m1/s1. The maximum atomic E-state index is 14.8. The third-order valence-corrected chi connectivity index (χ3v) is 6.41. The molecule has 0 aromatic carbocycles. The summed E-state index contributed by atoms with van der Waals surface area (Å²) < 4.78 is 47.7. The van der Waals surface area contributed by atoms with Crippen molar-refractivity contribution in [1.29, 1.82) is 5.26 Å². The maximum absolute atomic E-state index is 14.8. The number of alkyl halides is 2. The predicted octanol–water partition coefficient (Wildman–Crippen LogP) is 1.99. The van der Waals surface area contributed by atoms with E-state index in [0.717, 1.165) is 0 Å². The summed E-state index contributed by atoms with van der Waals surface area (Å²) in [6.45, 7) is 0.679. The second-order valence-electron chi connectivity index (χ2n) is 8.18. The normalized spacial score (nSPS) is 34.0. The molecule has 0 amide bonds. The molecule has 2 aromatic heterocycles. The van der Waals surface area contributed by atoms with Crippen molar-refractivity contribution >= 4 is 11.5 Å². The lowest BCUT2D eigenvalue weighted by molar-refractivity contribution is -0.223. The number of fused-ring (bicyclic) bond motifs is 1. The van der Waals surface area contributed by atoms with E-state index in [1.54, 1.807) is 0 Å². The third-order valence-electron chi connectivity index (χ3n) is 6.41. The number of hydrogen-bond donors (Lipinski definition) is 2. The molecule has 0 unspecified atom stereocenters. The number of aromatic nitrogens is 3. The molecule has 2 atom stereocenters. The van der Waals surface area contributed by atoms with Gasteiger partial charge in [-0.2, -0.15) is 5.26 Å². The number of anilines is 1. The lowest BCUT2D eigenvalue weighted by Crippen LogP contribution is -2.68. The zero-order chi connectivity index (χ0) is 19.7. The van der Waals surface area contributed by atoms with Crippen LogP contribution >= 0.6 is 0 Å². The summed E-state index contributed by atoms with van der Waals surface area (Å²) in [5.74, 6) is -0.555. The van der Waals surface area contributed by atoms with Crippen molar-refractivity contribution in [3.05, 3.63) is 23.3 Å². The van der Waals surface area contributed by atoms with Gasteiger partial charge in [0.25, 0.3) is 0 Å². The lowest BCUT2D eigenvalue weighted by Gasteiger charge is -2.69. The van der Waals surface area contributed by atoms with Crippen LogP contribution in [0.4, 0.5) is 19.1 Å². The molecule has 1 aliphatic heterocycles. The van der Waals surface area contributed by atoms with Crippen molar-refractivity contribution in [2.75, 3.05) is 18.5 Å². The van der Waals surface area contributed by atoms with Crippen LogP contribution in [0.3, 0.4) is 0 Å². The molecule has 3 saturated carbocycles. The van der Waals surface area contributed by atoms with Gasteiger partial charge in [0.2, 0.25) is 12.4 Å². The number of aliphatic hydroxyl groups is 1. The van der Waals surface area contributed by atoms with Gasteiger partial charge >= 0.3 is 0 Å². The summed E-state index contributed by atoms with van der Waals surface area (Å²) in [5, 5.41) is 26.9. The molecule has 1 saturated heterocycles. The molecular formula is C18H18F3N5O2. The Morgan fingerprint density at radius 3 is 2.79 bits per heavy atom. The van der Waals surface area contributed by atoms with E-state index in [1.165, 1.54) is 10.7 Å².